The fraction of sp³-hybridized carbons (Fsp3) is 0.222. The maximum atomic E-state index is 12.3. The monoisotopic (exact) mass is 429 g/mol. The van der Waals surface area contributed by atoms with E-state index in [-0.39, 0.29) is 10.0 Å². The van der Waals surface area contributed by atoms with Gasteiger partial charge in [0.05, 0.1) is 15.7 Å². The van der Waals surface area contributed by atoms with Crippen molar-refractivity contribution in [2.24, 2.45) is 0 Å². The standard InChI is InChI=1S/C18H18Cl3N3O3/c1-18(2,3)27-17(26)22-12-6-4-5-10(7-12)16(25)24-23-15-13(20)8-11(19)9-14(15)21/h4-9,23H,1-3H3,(H,22,26)(H,24,25). The summed E-state index contributed by atoms with van der Waals surface area (Å²) in [6.45, 7) is 5.28. The maximum absolute atomic E-state index is 12.3. The van der Waals surface area contributed by atoms with Crippen LogP contribution in [0.5, 0.6) is 0 Å². The van der Waals surface area contributed by atoms with Crippen molar-refractivity contribution in [2.75, 3.05) is 10.7 Å². The SMILES string of the molecule is CC(C)(C)OC(=O)Nc1cccc(C(=O)NNc2c(Cl)cc(Cl)cc2Cl)c1. The Balaban J connectivity index is 2.04. The Kier molecular flexibility index (Phi) is 6.81. The topological polar surface area (TPSA) is 79.5 Å². The molecule has 0 aromatic heterocycles. The van der Waals surface area contributed by atoms with Crippen LogP contribution in [0.15, 0.2) is 36.4 Å². The predicted octanol–water partition coefficient (Wildman–Crippen LogP) is 5.75. The van der Waals surface area contributed by atoms with E-state index in [1.807, 2.05) is 0 Å². The van der Waals surface area contributed by atoms with Gasteiger partial charge in [0.1, 0.15) is 5.60 Å². The van der Waals surface area contributed by atoms with Crippen molar-refractivity contribution in [3.05, 3.63) is 57.0 Å². The molecule has 0 bridgehead atoms. The van der Waals surface area contributed by atoms with E-state index in [2.05, 4.69) is 16.2 Å². The molecule has 0 heterocycles. The Morgan fingerprint density at radius 1 is 1.00 bits per heavy atom. The summed E-state index contributed by atoms with van der Waals surface area (Å²) < 4.78 is 5.18. The molecule has 2 aromatic rings. The molecule has 0 aliphatic carbocycles. The first-order chi connectivity index (χ1) is 12.5. The van der Waals surface area contributed by atoms with Gasteiger partial charge in [-0.05, 0) is 51.1 Å². The van der Waals surface area contributed by atoms with Gasteiger partial charge < -0.3 is 4.74 Å². The highest BCUT2D eigenvalue weighted by atomic mass is 35.5. The first kappa shape index (κ1) is 21.2. The largest absolute Gasteiger partial charge is 0.444 e. The van der Waals surface area contributed by atoms with Crippen molar-refractivity contribution < 1.29 is 14.3 Å². The first-order valence-corrected chi connectivity index (χ1v) is 8.99. The van der Waals surface area contributed by atoms with E-state index < -0.39 is 17.6 Å². The van der Waals surface area contributed by atoms with Crippen LogP contribution in [-0.4, -0.2) is 17.6 Å². The van der Waals surface area contributed by atoms with Gasteiger partial charge in [-0.3, -0.25) is 21.0 Å². The molecule has 0 radical (unpaired) electrons. The fourth-order valence-electron chi connectivity index (χ4n) is 2.01. The number of nitrogens with one attached hydrogen (secondary N) is 3. The van der Waals surface area contributed by atoms with Crippen molar-refractivity contribution in [3.8, 4) is 0 Å². The zero-order chi connectivity index (χ0) is 20.2. The summed E-state index contributed by atoms with van der Waals surface area (Å²) in [5, 5.41) is 3.47. The van der Waals surface area contributed by atoms with Gasteiger partial charge in [0, 0.05) is 16.3 Å². The molecule has 0 unspecified atom stereocenters. The molecule has 2 aromatic carbocycles. The molecular weight excluding hydrogens is 413 g/mol. The molecule has 0 saturated heterocycles. The fourth-order valence-corrected chi connectivity index (χ4v) is 2.92. The lowest BCUT2D eigenvalue weighted by atomic mass is 10.2. The van der Waals surface area contributed by atoms with E-state index >= 15 is 0 Å². The van der Waals surface area contributed by atoms with Crippen LogP contribution in [0, 0.1) is 0 Å². The van der Waals surface area contributed by atoms with Gasteiger partial charge in [-0.2, -0.15) is 0 Å². The molecule has 6 nitrogen and oxygen atoms in total. The molecule has 0 spiro atoms. The zero-order valence-electron chi connectivity index (χ0n) is 14.8. The number of ether oxygens (including phenoxy) is 1. The Labute approximate surface area is 172 Å². The van der Waals surface area contributed by atoms with Crippen molar-refractivity contribution in [1.29, 1.82) is 0 Å². The molecule has 0 fully saturated rings. The van der Waals surface area contributed by atoms with Crippen molar-refractivity contribution in [1.82, 2.24) is 5.43 Å². The number of hydrogen-bond acceptors (Lipinski definition) is 4. The van der Waals surface area contributed by atoms with Gasteiger partial charge >= 0.3 is 6.09 Å². The van der Waals surface area contributed by atoms with Gasteiger partial charge in [-0.25, -0.2) is 4.79 Å². The van der Waals surface area contributed by atoms with Crippen LogP contribution in [0.25, 0.3) is 0 Å². The maximum Gasteiger partial charge on any atom is 0.412 e. The number of carbonyl (C=O) groups excluding carboxylic acids is 2. The molecule has 3 N–H and O–H groups in total. The van der Waals surface area contributed by atoms with Crippen molar-refractivity contribution >= 4 is 58.2 Å². The Morgan fingerprint density at radius 2 is 1.63 bits per heavy atom. The van der Waals surface area contributed by atoms with E-state index in [0.29, 0.717) is 22.0 Å². The van der Waals surface area contributed by atoms with Gasteiger partial charge in [0.2, 0.25) is 0 Å². The summed E-state index contributed by atoms with van der Waals surface area (Å²) in [6, 6.07) is 9.35. The van der Waals surface area contributed by atoms with E-state index in [9.17, 15) is 9.59 Å². The number of carbonyl (C=O) groups is 2. The molecular formula is C18H18Cl3N3O3. The molecule has 144 valence electrons. The lowest BCUT2D eigenvalue weighted by molar-refractivity contribution is 0.0635. The van der Waals surface area contributed by atoms with E-state index in [4.69, 9.17) is 39.5 Å². The van der Waals surface area contributed by atoms with Crippen LogP contribution in [0.2, 0.25) is 15.1 Å². The normalized spacial score (nSPS) is 10.9. The third-order valence-electron chi connectivity index (χ3n) is 3.08. The summed E-state index contributed by atoms with van der Waals surface area (Å²) in [5.74, 6) is -0.454. The first-order valence-electron chi connectivity index (χ1n) is 7.86. The molecule has 2 amide bonds. The number of rotatable bonds is 4. The summed E-state index contributed by atoms with van der Waals surface area (Å²) in [5.41, 5.74) is 5.57. The summed E-state index contributed by atoms with van der Waals surface area (Å²) in [6.07, 6.45) is -0.613. The van der Waals surface area contributed by atoms with Crippen LogP contribution < -0.4 is 16.2 Å². The second-order valence-corrected chi connectivity index (χ2v) is 7.78. The number of amides is 2. The minimum Gasteiger partial charge on any atom is -0.444 e. The van der Waals surface area contributed by atoms with Crippen LogP contribution in [-0.2, 0) is 4.74 Å². The lowest BCUT2D eigenvalue weighted by Gasteiger charge is -2.19. The highest BCUT2D eigenvalue weighted by molar-refractivity contribution is 6.41. The smallest absolute Gasteiger partial charge is 0.412 e. The molecule has 9 heteroatoms. The Hall–Kier alpha value is -2.15. The zero-order valence-corrected chi connectivity index (χ0v) is 17.1. The average molecular weight is 431 g/mol. The van der Waals surface area contributed by atoms with Crippen molar-refractivity contribution in [3.63, 3.8) is 0 Å². The summed E-state index contributed by atoms with van der Waals surface area (Å²) in [4.78, 5) is 24.2. The molecule has 0 aliphatic heterocycles. The molecule has 2 rings (SSSR count). The molecule has 0 aliphatic rings. The molecule has 0 saturated carbocycles. The quantitative estimate of drug-likeness (QED) is 0.539. The average Bonchev–Trinajstić information content (AvgIpc) is 2.51. The Morgan fingerprint density at radius 3 is 2.22 bits per heavy atom. The van der Waals surface area contributed by atoms with Gasteiger partial charge in [-0.1, -0.05) is 40.9 Å². The third-order valence-corrected chi connectivity index (χ3v) is 3.89. The summed E-state index contributed by atoms with van der Waals surface area (Å²) >= 11 is 18.0. The highest BCUT2D eigenvalue weighted by Gasteiger charge is 2.17. The minimum atomic E-state index is -0.625. The second kappa shape index (κ2) is 8.69. The molecule has 27 heavy (non-hydrogen) atoms. The second-order valence-electron chi connectivity index (χ2n) is 6.53. The van der Waals surface area contributed by atoms with E-state index in [1.54, 1.807) is 39.0 Å². The van der Waals surface area contributed by atoms with Gasteiger partial charge in [-0.15, -0.1) is 0 Å². The van der Waals surface area contributed by atoms with Crippen LogP contribution >= 0.6 is 34.8 Å². The molecule has 0 atom stereocenters. The van der Waals surface area contributed by atoms with Crippen LogP contribution in [0.4, 0.5) is 16.2 Å². The number of hydrazine groups is 1. The van der Waals surface area contributed by atoms with Crippen LogP contribution in [0.1, 0.15) is 31.1 Å². The Bertz CT molecular complexity index is 843. The van der Waals surface area contributed by atoms with E-state index in [1.165, 1.54) is 18.2 Å². The highest BCUT2D eigenvalue weighted by Crippen LogP contribution is 2.33. The lowest BCUT2D eigenvalue weighted by Crippen LogP contribution is -2.30. The predicted molar refractivity (Wildman–Crippen MR) is 109 cm³/mol. The third kappa shape index (κ3) is 6.50. The van der Waals surface area contributed by atoms with Gasteiger partial charge in [0.25, 0.3) is 5.91 Å². The number of anilines is 2. The van der Waals surface area contributed by atoms with Gasteiger partial charge in [0.15, 0.2) is 0 Å². The van der Waals surface area contributed by atoms with Crippen LogP contribution in [0.3, 0.4) is 0 Å². The number of hydrogen-bond donors (Lipinski definition) is 3. The minimum absolute atomic E-state index is 0.258. The number of benzene rings is 2. The van der Waals surface area contributed by atoms with E-state index in [0.717, 1.165) is 0 Å². The summed E-state index contributed by atoms with van der Waals surface area (Å²) in [7, 11) is 0. The number of halogens is 3. The van der Waals surface area contributed by atoms with Crippen molar-refractivity contribution in [2.45, 2.75) is 26.4 Å².